The second-order valence-electron chi connectivity index (χ2n) is 4.66. The molecule has 0 spiro atoms. The average molecular weight is 236 g/mol. The fraction of sp³-hybridized carbons (Fsp3) is 0.900. The number of halogens is 3. The van der Waals surface area contributed by atoms with E-state index in [1.165, 1.54) is 0 Å². The maximum absolute atomic E-state index is 12.9. The van der Waals surface area contributed by atoms with E-state index in [0.29, 0.717) is 12.5 Å². The van der Waals surface area contributed by atoms with Gasteiger partial charge in [-0.05, 0) is 31.7 Å². The van der Waals surface area contributed by atoms with Gasteiger partial charge in [0.15, 0.2) is 5.41 Å². The molecular formula is C10H15F3N2O. The Hall–Kier alpha value is -0.780. The highest BCUT2D eigenvalue weighted by Crippen LogP contribution is 2.43. The molecule has 1 aliphatic carbocycles. The molecule has 2 rings (SSSR count). The second kappa shape index (κ2) is 3.91. The molecule has 3 nitrogen and oxygen atoms in total. The molecule has 92 valence electrons. The molecule has 1 heterocycles. The highest BCUT2D eigenvalue weighted by molar-refractivity contribution is 5.84. The monoisotopic (exact) mass is 236 g/mol. The van der Waals surface area contributed by atoms with Crippen molar-refractivity contribution in [1.82, 2.24) is 10.6 Å². The molecule has 1 amide bonds. The Kier molecular flexibility index (Phi) is 2.86. The first-order valence-corrected chi connectivity index (χ1v) is 5.51. The minimum Gasteiger partial charge on any atom is -0.355 e. The van der Waals surface area contributed by atoms with Crippen molar-refractivity contribution in [3.05, 3.63) is 0 Å². The topological polar surface area (TPSA) is 41.1 Å². The highest BCUT2D eigenvalue weighted by Gasteiger charge is 2.61. The summed E-state index contributed by atoms with van der Waals surface area (Å²) in [5, 5.41) is 5.06. The lowest BCUT2D eigenvalue weighted by molar-refractivity contribution is -0.216. The van der Waals surface area contributed by atoms with Gasteiger partial charge in [-0.3, -0.25) is 4.79 Å². The Bertz CT molecular complexity index is 280. The summed E-state index contributed by atoms with van der Waals surface area (Å²) in [4.78, 5) is 11.7. The van der Waals surface area contributed by atoms with Gasteiger partial charge in [0, 0.05) is 13.1 Å². The zero-order valence-corrected chi connectivity index (χ0v) is 8.86. The molecule has 1 saturated heterocycles. The van der Waals surface area contributed by atoms with Gasteiger partial charge in [-0.25, -0.2) is 0 Å². The molecule has 16 heavy (non-hydrogen) atoms. The SMILES string of the molecule is O=C(NCC1CC1)C1(C(F)(F)F)CCNC1. The molecule has 2 N–H and O–H groups in total. The lowest BCUT2D eigenvalue weighted by atomic mass is 9.85. The third-order valence-electron chi connectivity index (χ3n) is 3.38. The molecule has 1 unspecified atom stereocenters. The van der Waals surface area contributed by atoms with E-state index in [0.717, 1.165) is 12.8 Å². The third kappa shape index (κ3) is 2.03. The van der Waals surface area contributed by atoms with Crippen LogP contribution in [0.15, 0.2) is 0 Å². The molecule has 0 aromatic heterocycles. The number of alkyl halides is 3. The molecule has 1 saturated carbocycles. The number of amides is 1. The Labute approximate surface area is 91.8 Å². The van der Waals surface area contributed by atoms with E-state index in [-0.39, 0.29) is 19.5 Å². The fourth-order valence-electron chi connectivity index (χ4n) is 1.98. The molecular weight excluding hydrogens is 221 g/mol. The van der Waals surface area contributed by atoms with E-state index in [4.69, 9.17) is 0 Å². The van der Waals surface area contributed by atoms with E-state index in [9.17, 15) is 18.0 Å². The maximum Gasteiger partial charge on any atom is 0.404 e. The van der Waals surface area contributed by atoms with Crippen LogP contribution in [0.4, 0.5) is 13.2 Å². The first-order valence-electron chi connectivity index (χ1n) is 5.51. The van der Waals surface area contributed by atoms with Gasteiger partial charge in [0.05, 0.1) is 0 Å². The van der Waals surface area contributed by atoms with Gasteiger partial charge >= 0.3 is 6.18 Å². The summed E-state index contributed by atoms with van der Waals surface area (Å²) in [7, 11) is 0. The highest BCUT2D eigenvalue weighted by atomic mass is 19.4. The molecule has 6 heteroatoms. The zero-order valence-electron chi connectivity index (χ0n) is 8.86. The molecule has 2 fully saturated rings. The van der Waals surface area contributed by atoms with E-state index in [1.54, 1.807) is 0 Å². The number of hydrogen-bond acceptors (Lipinski definition) is 2. The maximum atomic E-state index is 12.9. The molecule has 0 radical (unpaired) electrons. The van der Waals surface area contributed by atoms with Crippen LogP contribution in [0.1, 0.15) is 19.3 Å². The first-order chi connectivity index (χ1) is 7.46. The molecule has 1 atom stereocenters. The van der Waals surface area contributed by atoms with E-state index >= 15 is 0 Å². The van der Waals surface area contributed by atoms with Gasteiger partial charge < -0.3 is 10.6 Å². The van der Waals surface area contributed by atoms with E-state index in [1.807, 2.05) is 0 Å². The summed E-state index contributed by atoms with van der Waals surface area (Å²) in [6.45, 7) is 0.333. The van der Waals surface area contributed by atoms with Gasteiger partial charge in [0.1, 0.15) is 0 Å². The average Bonchev–Trinajstić information content (AvgIpc) is 2.87. The van der Waals surface area contributed by atoms with Crippen molar-refractivity contribution in [3.8, 4) is 0 Å². The van der Waals surface area contributed by atoms with Crippen LogP contribution in [0.2, 0.25) is 0 Å². The van der Waals surface area contributed by atoms with Crippen LogP contribution in [0.25, 0.3) is 0 Å². The van der Waals surface area contributed by atoms with Crippen molar-refractivity contribution in [2.75, 3.05) is 19.6 Å². The number of nitrogens with one attached hydrogen (secondary N) is 2. The van der Waals surface area contributed by atoms with Gasteiger partial charge in [0.25, 0.3) is 0 Å². The molecule has 0 aromatic rings. The Morgan fingerprint density at radius 1 is 1.44 bits per heavy atom. The Morgan fingerprint density at radius 2 is 2.12 bits per heavy atom. The van der Waals surface area contributed by atoms with Crippen LogP contribution in [-0.4, -0.2) is 31.7 Å². The fourth-order valence-corrected chi connectivity index (χ4v) is 1.98. The van der Waals surface area contributed by atoms with Crippen LogP contribution >= 0.6 is 0 Å². The molecule has 1 aliphatic heterocycles. The van der Waals surface area contributed by atoms with Crippen molar-refractivity contribution in [2.45, 2.75) is 25.4 Å². The standard InChI is InChI=1S/C10H15F3N2O/c11-10(12,13)9(3-4-14-6-9)8(16)15-5-7-1-2-7/h7,14H,1-6H2,(H,15,16). The minimum absolute atomic E-state index is 0.160. The van der Waals surface area contributed by atoms with Crippen LogP contribution in [0, 0.1) is 11.3 Å². The molecule has 0 aromatic carbocycles. The van der Waals surface area contributed by atoms with Crippen molar-refractivity contribution >= 4 is 5.91 Å². The number of rotatable bonds is 3. The van der Waals surface area contributed by atoms with Crippen molar-refractivity contribution < 1.29 is 18.0 Å². The lowest BCUT2D eigenvalue weighted by Gasteiger charge is -2.29. The number of hydrogen-bond donors (Lipinski definition) is 2. The van der Waals surface area contributed by atoms with Crippen LogP contribution < -0.4 is 10.6 Å². The quantitative estimate of drug-likeness (QED) is 0.769. The summed E-state index contributed by atoms with van der Waals surface area (Å²) < 4.78 is 38.7. The number of carbonyl (C=O) groups excluding carboxylic acids is 1. The van der Waals surface area contributed by atoms with Crippen LogP contribution in [0.5, 0.6) is 0 Å². The zero-order chi connectivity index (χ0) is 11.8. The second-order valence-corrected chi connectivity index (χ2v) is 4.66. The van der Waals surface area contributed by atoms with E-state index in [2.05, 4.69) is 10.6 Å². The van der Waals surface area contributed by atoms with Crippen molar-refractivity contribution in [3.63, 3.8) is 0 Å². The summed E-state index contributed by atoms with van der Waals surface area (Å²) in [6.07, 6.45) is -2.60. The Morgan fingerprint density at radius 3 is 2.56 bits per heavy atom. The minimum atomic E-state index is -4.47. The largest absolute Gasteiger partial charge is 0.404 e. The molecule has 0 bridgehead atoms. The Balaban J connectivity index is 2.02. The number of carbonyl (C=O) groups is 1. The summed E-state index contributed by atoms with van der Waals surface area (Å²) in [6, 6.07) is 0. The lowest BCUT2D eigenvalue weighted by Crippen LogP contribution is -2.52. The summed E-state index contributed by atoms with van der Waals surface area (Å²) in [5.41, 5.74) is -2.21. The smallest absolute Gasteiger partial charge is 0.355 e. The summed E-state index contributed by atoms with van der Waals surface area (Å²) >= 11 is 0. The normalized spacial score (nSPS) is 30.4. The molecule has 2 aliphatic rings. The first kappa shape index (κ1) is 11.7. The van der Waals surface area contributed by atoms with Crippen LogP contribution in [0.3, 0.4) is 0 Å². The van der Waals surface area contributed by atoms with Gasteiger partial charge in [-0.1, -0.05) is 0 Å². The van der Waals surface area contributed by atoms with Gasteiger partial charge in [-0.2, -0.15) is 13.2 Å². The van der Waals surface area contributed by atoms with Crippen molar-refractivity contribution in [2.24, 2.45) is 11.3 Å². The van der Waals surface area contributed by atoms with Crippen LogP contribution in [-0.2, 0) is 4.79 Å². The summed E-state index contributed by atoms with van der Waals surface area (Å²) in [5.74, 6) is -0.472. The predicted molar refractivity (Wildman–Crippen MR) is 51.7 cm³/mol. The predicted octanol–water partition coefficient (Wildman–Crippen LogP) is 1.05. The van der Waals surface area contributed by atoms with Crippen molar-refractivity contribution in [1.29, 1.82) is 0 Å². The van der Waals surface area contributed by atoms with E-state index < -0.39 is 17.5 Å². The third-order valence-corrected chi connectivity index (χ3v) is 3.38. The van der Waals surface area contributed by atoms with Gasteiger partial charge in [0.2, 0.25) is 5.91 Å². The van der Waals surface area contributed by atoms with Gasteiger partial charge in [-0.15, -0.1) is 0 Å².